The van der Waals surface area contributed by atoms with Crippen LogP contribution in [0, 0.1) is 17.5 Å². The van der Waals surface area contributed by atoms with Gasteiger partial charge in [-0.15, -0.1) is 0 Å². The number of hydrogen-bond acceptors (Lipinski definition) is 3. The molecule has 9 heteroatoms. The molecule has 0 saturated carbocycles. The van der Waals surface area contributed by atoms with E-state index >= 15 is 0 Å². The van der Waals surface area contributed by atoms with Crippen molar-refractivity contribution in [2.45, 2.75) is 31.2 Å². The van der Waals surface area contributed by atoms with Crippen LogP contribution in [0.25, 0.3) is 0 Å². The number of amides is 1. The first-order chi connectivity index (χ1) is 12.1. The molecule has 0 aliphatic carbocycles. The van der Waals surface area contributed by atoms with Crippen molar-refractivity contribution in [2.75, 3.05) is 5.32 Å². The largest absolute Gasteiger partial charge is 0.322 e. The van der Waals surface area contributed by atoms with E-state index in [9.17, 15) is 26.4 Å². The summed E-state index contributed by atoms with van der Waals surface area (Å²) in [6.45, 7) is 3.45. The van der Waals surface area contributed by atoms with E-state index in [1.165, 1.54) is 0 Å². The maximum absolute atomic E-state index is 14.0. The molecule has 140 valence electrons. The molecule has 2 aromatic rings. The number of anilines is 1. The first-order valence-corrected chi connectivity index (χ1v) is 9.20. The topological polar surface area (TPSA) is 75.3 Å². The Hall–Kier alpha value is -2.39. The molecule has 0 bridgehead atoms. The smallest absolute Gasteiger partial charge is 0.258 e. The minimum absolute atomic E-state index is 0.0979. The first-order valence-electron chi connectivity index (χ1n) is 7.72. The molecular formula is C17H17F3N2O3S. The summed E-state index contributed by atoms with van der Waals surface area (Å²) < 4.78 is 67.0. The fraction of sp³-hybridized carbons (Fsp3) is 0.235. The van der Waals surface area contributed by atoms with Crippen molar-refractivity contribution in [1.29, 1.82) is 0 Å². The van der Waals surface area contributed by atoms with Crippen LogP contribution >= 0.6 is 0 Å². The van der Waals surface area contributed by atoms with Gasteiger partial charge in [-0.3, -0.25) is 4.79 Å². The van der Waals surface area contributed by atoms with E-state index < -0.39 is 38.9 Å². The van der Waals surface area contributed by atoms with Crippen molar-refractivity contribution < 1.29 is 26.4 Å². The van der Waals surface area contributed by atoms with Crippen LogP contribution in [-0.4, -0.2) is 20.4 Å². The predicted octanol–water partition coefficient (Wildman–Crippen LogP) is 3.43. The van der Waals surface area contributed by atoms with E-state index in [0.29, 0.717) is 6.42 Å². The van der Waals surface area contributed by atoms with E-state index in [1.54, 1.807) is 13.8 Å². The number of halogens is 3. The van der Waals surface area contributed by atoms with Crippen LogP contribution in [-0.2, 0) is 10.0 Å². The fourth-order valence-corrected chi connectivity index (χ4v) is 3.39. The van der Waals surface area contributed by atoms with Gasteiger partial charge in [0.2, 0.25) is 10.0 Å². The van der Waals surface area contributed by atoms with E-state index in [4.69, 9.17) is 0 Å². The Labute approximate surface area is 149 Å². The lowest BCUT2D eigenvalue weighted by Gasteiger charge is -2.13. The van der Waals surface area contributed by atoms with E-state index in [2.05, 4.69) is 10.0 Å². The van der Waals surface area contributed by atoms with E-state index in [-0.39, 0.29) is 16.6 Å². The zero-order valence-corrected chi connectivity index (χ0v) is 14.8. The molecule has 2 aromatic carbocycles. The molecule has 2 N–H and O–H groups in total. The molecule has 26 heavy (non-hydrogen) atoms. The number of hydrogen-bond donors (Lipinski definition) is 2. The normalized spacial score (nSPS) is 12.7. The second-order valence-corrected chi connectivity index (χ2v) is 7.37. The van der Waals surface area contributed by atoms with Gasteiger partial charge in [-0.2, -0.15) is 0 Å². The van der Waals surface area contributed by atoms with E-state index in [0.717, 1.165) is 36.4 Å². The van der Waals surface area contributed by atoms with Crippen molar-refractivity contribution >= 4 is 21.6 Å². The van der Waals surface area contributed by atoms with Crippen molar-refractivity contribution in [3.8, 4) is 0 Å². The van der Waals surface area contributed by atoms with Crippen molar-refractivity contribution in [3.05, 3.63) is 59.4 Å². The highest BCUT2D eigenvalue weighted by molar-refractivity contribution is 7.89. The fourth-order valence-electron chi connectivity index (χ4n) is 2.03. The number of sulfonamides is 1. The summed E-state index contributed by atoms with van der Waals surface area (Å²) in [4.78, 5) is 11.9. The minimum atomic E-state index is -3.94. The Kier molecular flexibility index (Phi) is 6.04. The predicted molar refractivity (Wildman–Crippen MR) is 90.8 cm³/mol. The highest BCUT2D eigenvalue weighted by atomic mass is 32.2. The van der Waals surface area contributed by atoms with Gasteiger partial charge in [0, 0.05) is 17.8 Å². The summed E-state index contributed by atoms with van der Waals surface area (Å²) in [5.41, 5.74) is -0.638. The zero-order chi connectivity index (χ0) is 19.5. The maximum Gasteiger partial charge on any atom is 0.258 e. The van der Waals surface area contributed by atoms with Gasteiger partial charge in [-0.25, -0.2) is 26.3 Å². The van der Waals surface area contributed by atoms with Crippen molar-refractivity contribution in [1.82, 2.24) is 4.72 Å². The molecule has 1 atom stereocenters. The van der Waals surface area contributed by atoms with Crippen LogP contribution in [0.1, 0.15) is 30.6 Å². The van der Waals surface area contributed by atoms with Gasteiger partial charge >= 0.3 is 0 Å². The first kappa shape index (κ1) is 19.9. The summed E-state index contributed by atoms with van der Waals surface area (Å²) in [5, 5.41) is 2.20. The van der Waals surface area contributed by atoms with Crippen LogP contribution in [0.3, 0.4) is 0 Å². The quantitative estimate of drug-likeness (QED) is 0.799. The molecule has 0 saturated heterocycles. The third kappa shape index (κ3) is 4.61. The van der Waals surface area contributed by atoms with Gasteiger partial charge in [0.15, 0.2) is 11.6 Å². The number of carbonyl (C=O) groups excluding carboxylic acids is 1. The second kappa shape index (κ2) is 7.88. The summed E-state index contributed by atoms with van der Waals surface area (Å²) in [6.07, 6.45) is 0.546. The lowest BCUT2D eigenvalue weighted by Crippen LogP contribution is -2.32. The average molecular weight is 386 g/mol. The molecule has 0 unspecified atom stereocenters. The van der Waals surface area contributed by atoms with Crippen molar-refractivity contribution in [3.63, 3.8) is 0 Å². The molecule has 0 heterocycles. The summed E-state index contributed by atoms with van der Waals surface area (Å²) in [5.74, 6) is -4.22. The van der Waals surface area contributed by atoms with Crippen LogP contribution in [0.4, 0.5) is 18.9 Å². The highest BCUT2D eigenvalue weighted by Crippen LogP contribution is 2.19. The number of nitrogens with one attached hydrogen (secondary N) is 2. The van der Waals surface area contributed by atoms with Crippen LogP contribution in [0.15, 0.2) is 41.3 Å². The third-order valence-electron chi connectivity index (χ3n) is 3.64. The number of carbonyl (C=O) groups is 1. The van der Waals surface area contributed by atoms with Gasteiger partial charge in [-0.05, 0) is 43.7 Å². The molecule has 0 aromatic heterocycles. The molecule has 0 radical (unpaired) electrons. The van der Waals surface area contributed by atoms with E-state index in [1.807, 2.05) is 0 Å². The molecule has 5 nitrogen and oxygen atoms in total. The lowest BCUT2D eigenvalue weighted by atomic mass is 10.2. The standard InChI is InChI=1S/C17H17F3N2O3S/c1-3-10(2)22-26(24,25)12-5-7-14(18)13(9-12)17(23)21-11-4-6-15(19)16(20)8-11/h4-10,22H,3H2,1-2H3,(H,21,23)/t10-/m1/s1. The van der Waals surface area contributed by atoms with Crippen molar-refractivity contribution in [2.24, 2.45) is 0 Å². The number of rotatable bonds is 6. The number of benzene rings is 2. The van der Waals surface area contributed by atoms with Crippen LogP contribution in [0.5, 0.6) is 0 Å². The molecular weight excluding hydrogens is 369 g/mol. The maximum atomic E-state index is 14.0. The lowest BCUT2D eigenvalue weighted by molar-refractivity contribution is 0.102. The molecule has 0 aliphatic rings. The Morgan fingerprint density at radius 3 is 2.31 bits per heavy atom. The monoisotopic (exact) mass is 386 g/mol. The van der Waals surface area contributed by atoms with Gasteiger partial charge in [0.05, 0.1) is 10.5 Å². The van der Waals surface area contributed by atoms with Crippen LogP contribution < -0.4 is 10.0 Å². The Balaban J connectivity index is 2.31. The minimum Gasteiger partial charge on any atom is -0.322 e. The summed E-state index contributed by atoms with van der Waals surface area (Å²) in [7, 11) is -3.94. The average Bonchev–Trinajstić information content (AvgIpc) is 2.57. The molecule has 2 rings (SSSR count). The Morgan fingerprint density at radius 1 is 1.04 bits per heavy atom. The van der Waals surface area contributed by atoms with Gasteiger partial charge in [-0.1, -0.05) is 6.92 Å². The molecule has 0 spiro atoms. The molecule has 0 aliphatic heterocycles. The summed E-state index contributed by atoms with van der Waals surface area (Å²) in [6, 6.07) is 5.06. The molecule has 1 amide bonds. The highest BCUT2D eigenvalue weighted by Gasteiger charge is 2.21. The Bertz CT molecular complexity index is 933. The zero-order valence-electron chi connectivity index (χ0n) is 14.0. The van der Waals surface area contributed by atoms with Gasteiger partial charge in [0.25, 0.3) is 5.91 Å². The van der Waals surface area contributed by atoms with Crippen LogP contribution in [0.2, 0.25) is 0 Å². The third-order valence-corrected chi connectivity index (χ3v) is 5.23. The SMILES string of the molecule is CC[C@@H](C)NS(=O)(=O)c1ccc(F)c(C(=O)Nc2ccc(F)c(F)c2)c1. The second-order valence-electron chi connectivity index (χ2n) is 5.66. The Morgan fingerprint density at radius 2 is 1.69 bits per heavy atom. The molecule has 0 fully saturated rings. The summed E-state index contributed by atoms with van der Waals surface area (Å²) >= 11 is 0. The van der Waals surface area contributed by atoms with Gasteiger partial charge in [0.1, 0.15) is 5.82 Å². The van der Waals surface area contributed by atoms with Gasteiger partial charge < -0.3 is 5.32 Å².